The summed E-state index contributed by atoms with van der Waals surface area (Å²) in [5.74, 6) is 2.17. The Bertz CT molecular complexity index is 626. The first kappa shape index (κ1) is 15.4. The molecule has 1 N–H and O–H groups in total. The number of carbonyl (C=O) groups excluding carboxylic acids is 2. The lowest BCUT2D eigenvalue weighted by atomic mass is 10.0. The fourth-order valence-electron chi connectivity index (χ4n) is 3.04. The van der Waals surface area contributed by atoms with E-state index < -0.39 is 6.04 Å². The van der Waals surface area contributed by atoms with Gasteiger partial charge in [-0.2, -0.15) is 5.06 Å². The van der Waals surface area contributed by atoms with E-state index in [9.17, 15) is 9.59 Å². The number of terminal acetylenes is 1. The average Bonchev–Trinajstić information content (AvgIpc) is 2.83. The van der Waals surface area contributed by atoms with Crippen molar-refractivity contribution in [3.8, 4) is 12.3 Å². The van der Waals surface area contributed by atoms with Crippen LogP contribution in [0.25, 0.3) is 0 Å². The highest BCUT2D eigenvalue weighted by molar-refractivity contribution is 5.88. The fourth-order valence-corrected chi connectivity index (χ4v) is 3.04. The van der Waals surface area contributed by atoms with Crippen molar-refractivity contribution < 1.29 is 14.4 Å². The molecule has 3 rings (SSSR count). The molecule has 2 atom stereocenters. The van der Waals surface area contributed by atoms with Gasteiger partial charge in [0, 0.05) is 6.54 Å². The molecule has 0 aliphatic carbocycles. The summed E-state index contributed by atoms with van der Waals surface area (Å²) in [5, 5.41) is 4.07. The van der Waals surface area contributed by atoms with Crippen LogP contribution in [0.4, 0.5) is 4.79 Å². The summed E-state index contributed by atoms with van der Waals surface area (Å²) in [6.07, 6.45) is 6.52. The fraction of sp³-hybridized carbons (Fsp3) is 0.412. The van der Waals surface area contributed by atoms with Crippen LogP contribution in [0.1, 0.15) is 18.4 Å². The van der Waals surface area contributed by atoms with E-state index in [0.29, 0.717) is 19.6 Å². The molecular weight excluding hydrogens is 294 g/mol. The van der Waals surface area contributed by atoms with Gasteiger partial charge in [0.2, 0.25) is 5.91 Å². The molecule has 2 aliphatic rings. The van der Waals surface area contributed by atoms with Crippen LogP contribution >= 0.6 is 0 Å². The minimum Gasteiger partial charge on any atom is -0.343 e. The third-order valence-electron chi connectivity index (χ3n) is 4.20. The minimum absolute atomic E-state index is 0.00268. The van der Waals surface area contributed by atoms with Crippen LogP contribution in [0.3, 0.4) is 0 Å². The van der Waals surface area contributed by atoms with Crippen LogP contribution in [0.2, 0.25) is 0 Å². The number of hydrogen-bond acceptors (Lipinski definition) is 3. The standard InChI is InChI=1S/C17H19N3O3/c1-2-10-18-16(21)15-9-8-14-11-19(15)17(22)20(14)23-12-13-6-4-3-5-7-13/h1,3-7,14-15H,8-12H2,(H,18,21)/t14-,15+/m1/s1. The molecule has 23 heavy (non-hydrogen) atoms. The number of amides is 3. The van der Waals surface area contributed by atoms with Crippen molar-refractivity contribution in [2.75, 3.05) is 13.1 Å². The van der Waals surface area contributed by atoms with Gasteiger partial charge >= 0.3 is 6.03 Å². The highest BCUT2D eigenvalue weighted by Gasteiger charge is 2.47. The van der Waals surface area contributed by atoms with E-state index in [1.807, 2.05) is 30.3 Å². The number of benzene rings is 1. The third-order valence-corrected chi connectivity index (χ3v) is 4.20. The van der Waals surface area contributed by atoms with Crippen LogP contribution in [0, 0.1) is 12.3 Å². The van der Waals surface area contributed by atoms with Crippen LogP contribution in [-0.4, -0.2) is 47.1 Å². The van der Waals surface area contributed by atoms with Gasteiger partial charge in [-0.05, 0) is 18.4 Å². The molecule has 3 amide bonds. The Morgan fingerprint density at radius 2 is 2.13 bits per heavy atom. The van der Waals surface area contributed by atoms with Crippen LogP contribution in [-0.2, 0) is 16.2 Å². The summed E-state index contributed by atoms with van der Waals surface area (Å²) in [5.41, 5.74) is 1.00. The molecule has 2 bridgehead atoms. The van der Waals surface area contributed by atoms with Gasteiger partial charge in [-0.1, -0.05) is 36.3 Å². The molecule has 0 radical (unpaired) electrons. The number of nitrogens with zero attached hydrogens (tertiary/aromatic N) is 2. The second-order valence-electron chi connectivity index (χ2n) is 5.69. The highest BCUT2D eigenvalue weighted by Crippen LogP contribution is 2.30. The number of urea groups is 1. The third kappa shape index (κ3) is 3.15. The van der Waals surface area contributed by atoms with E-state index in [2.05, 4.69) is 11.2 Å². The van der Waals surface area contributed by atoms with E-state index in [1.54, 1.807) is 4.90 Å². The normalized spacial score (nSPS) is 22.8. The molecule has 0 saturated carbocycles. The number of piperidine rings is 1. The second-order valence-corrected chi connectivity index (χ2v) is 5.69. The zero-order valence-electron chi connectivity index (χ0n) is 12.8. The molecule has 2 fully saturated rings. The SMILES string of the molecule is C#CCNC(=O)[C@@H]1CC[C@@H]2CN1C(=O)N2OCc1ccccc1. The van der Waals surface area contributed by atoms with Gasteiger partial charge < -0.3 is 10.2 Å². The number of nitrogens with one attached hydrogen (secondary N) is 1. The first-order valence-electron chi connectivity index (χ1n) is 7.68. The smallest absolute Gasteiger partial charge is 0.343 e. The molecule has 2 heterocycles. The lowest BCUT2D eigenvalue weighted by molar-refractivity contribution is -0.140. The van der Waals surface area contributed by atoms with Gasteiger partial charge in [0.15, 0.2) is 0 Å². The molecule has 0 aromatic heterocycles. The zero-order valence-corrected chi connectivity index (χ0v) is 12.8. The number of hydroxylamine groups is 2. The quantitative estimate of drug-likeness (QED) is 0.829. The summed E-state index contributed by atoms with van der Waals surface area (Å²) in [4.78, 5) is 31.9. The molecule has 6 heteroatoms. The second kappa shape index (κ2) is 6.71. The van der Waals surface area contributed by atoms with Crippen molar-refractivity contribution >= 4 is 11.9 Å². The molecule has 120 valence electrons. The summed E-state index contributed by atoms with van der Waals surface area (Å²) in [6.45, 7) is 1.03. The van der Waals surface area contributed by atoms with E-state index in [0.717, 1.165) is 12.0 Å². The molecule has 2 aliphatic heterocycles. The van der Waals surface area contributed by atoms with Crippen molar-refractivity contribution in [2.45, 2.75) is 31.5 Å². The molecule has 2 saturated heterocycles. The van der Waals surface area contributed by atoms with E-state index in [-0.39, 0.29) is 24.5 Å². The minimum atomic E-state index is -0.461. The lowest BCUT2D eigenvalue weighted by Gasteiger charge is -2.29. The maximum Gasteiger partial charge on any atom is 0.345 e. The molecule has 0 spiro atoms. The summed E-state index contributed by atoms with van der Waals surface area (Å²) in [7, 11) is 0. The summed E-state index contributed by atoms with van der Waals surface area (Å²) in [6, 6.07) is 8.98. The number of hydrogen-bond donors (Lipinski definition) is 1. The van der Waals surface area contributed by atoms with E-state index in [4.69, 9.17) is 11.3 Å². The Balaban J connectivity index is 1.62. The Kier molecular flexibility index (Phi) is 4.49. The Hall–Kier alpha value is -2.52. The van der Waals surface area contributed by atoms with Gasteiger partial charge in [0.05, 0.1) is 12.6 Å². The predicted molar refractivity (Wildman–Crippen MR) is 83.8 cm³/mol. The first-order valence-corrected chi connectivity index (χ1v) is 7.68. The van der Waals surface area contributed by atoms with Gasteiger partial charge in [-0.25, -0.2) is 4.79 Å². The largest absolute Gasteiger partial charge is 0.345 e. The Morgan fingerprint density at radius 1 is 1.35 bits per heavy atom. The Labute approximate surface area is 135 Å². The average molecular weight is 313 g/mol. The number of fused-ring (bicyclic) bond motifs is 2. The molecule has 0 unspecified atom stereocenters. The lowest BCUT2D eigenvalue weighted by Crippen LogP contribution is -2.49. The molecule has 6 nitrogen and oxygen atoms in total. The van der Waals surface area contributed by atoms with E-state index >= 15 is 0 Å². The van der Waals surface area contributed by atoms with Crippen LogP contribution in [0.5, 0.6) is 0 Å². The maximum absolute atomic E-state index is 12.5. The van der Waals surface area contributed by atoms with Crippen molar-refractivity contribution in [2.24, 2.45) is 0 Å². The molecule has 1 aromatic rings. The van der Waals surface area contributed by atoms with Gasteiger partial charge in [-0.3, -0.25) is 9.63 Å². The topological polar surface area (TPSA) is 61.9 Å². The van der Waals surface area contributed by atoms with Crippen molar-refractivity contribution in [1.82, 2.24) is 15.3 Å². The van der Waals surface area contributed by atoms with Crippen LogP contribution in [0.15, 0.2) is 30.3 Å². The summed E-state index contributed by atoms with van der Waals surface area (Å²) >= 11 is 0. The van der Waals surface area contributed by atoms with Gasteiger partial charge in [0.25, 0.3) is 0 Å². The van der Waals surface area contributed by atoms with E-state index in [1.165, 1.54) is 5.06 Å². The maximum atomic E-state index is 12.5. The van der Waals surface area contributed by atoms with Crippen molar-refractivity contribution in [3.63, 3.8) is 0 Å². The van der Waals surface area contributed by atoms with Gasteiger partial charge in [0.1, 0.15) is 12.6 Å². The van der Waals surface area contributed by atoms with Crippen molar-refractivity contribution in [3.05, 3.63) is 35.9 Å². The number of carbonyl (C=O) groups is 2. The highest BCUT2D eigenvalue weighted by atomic mass is 16.7. The number of rotatable bonds is 5. The molecular formula is C17H19N3O3. The van der Waals surface area contributed by atoms with Crippen LogP contribution < -0.4 is 5.32 Å². The molecule has 1 aromatic carbocycles. The monoisotopic (exact) mass is 313 g/mol. The Morgan fingerprint density at radius 3 is 2.87 bits per heavy atom. The predicted octanol–water partition coefficient (Wildman–Crippen LogP) is 1.14. The first-order chi connectivity index (χ1) is 11.2. The van der Waals surface area contributed by atoms with Crippen molar-refractivity contribution in [1.29, 1.82) is 0 Å². The summed E-state index contributed by atoms with van der Waals surface area (Å²) < 4.78 is 0. The zero-order chi connectivity index (χ0) is 16.2. The van der Waals surface area contributed by atoms with Gasteiger partial charge in [-0.15, -0.1) is 6.42 Å².